The van der Waals surface area contributed by atoms with Crippen LogP contribution in [0.3, 0.4) is 0 Å². The van der Waals surface area contributed by atoms with Gasteiger partial charge < -0.3 is 19.1 Å². The van der Waals surface area contributed by atoms with Crippen molar-refractivity contribution in [3.63, 3.8) is 0 Å². The summed E-state index contributed by atoms with van der Waals surface area (Å²) in [5.41, 5.74) is 0.766. The Morgan fingerprint density at radius 1 is 1.16 bits per heavy atom. The highest BCUT2D eigenvalue weighted by molar-refractivity contribution is 6.30. The number of hydrogen-bond donors (Lipinski definition) is 0. The molecule has 2 fully saturated rings. The Morgan fingerprint density at radius 2 is 1.97 bits per heavy atom. The summed E-state index contributed by atoms with van der Waals surface area (Å²) in [4.78, 5) is 25.4. The van der Waals surface area contributed by atoms with E-state index in [4.69, 9.17) is 25.8 Å². The number of carbonyl (C=O) groups is 1. The third-order valence-electron chi connectivity index (χ3n) is 6.07. The van der Waals surface area contributed by atoms with Gasteiger partial charge in [0.2, 0.25) is 5.88 Å². The van der Waals surface area contributed by atoms with Crippen molar-refractivity contribution in [1.29, 1.82) is 0 Å². The molecule has 2 aliphatic rings. The standard InChI is InChI=1S/C23H23ClN4O4/c1-27-8-6-23(7-9-27)13-28(22(29)32-23)19-11-17-18(12-20(19)30-2)25-14-26-21(17)31-16-5-3-4-15(24)10-16/h3-5,10-12,14H,6-9,13H2,1-2H3. The van der Waals surface area contributed by atoms with Crippen molar-refractivity contribution in [2.75, 3.05) is 38.7 Å². The SMILES string of the molecule is COc1cc2ncnc(Oc3cccc(Cl)c3)c2cc1N1CC2(CCN(C)CC2)OC1=O. The molecular formula is C23H23ClN4O4. The molecule has 1 aromatic heterocycles. The fraction of sp³-hybridized carbons (Fsp3) is 0.348. The van der Waals surface area contributed by atoms with E-state index in [0.717, 1.165) is 25.9 Å². The lowest BCUT2D eigenvalue weighted by Crippen LogP contribution is -2.45. The zero-order valence-electron chi connectivity index (χ0n) is 17.9. The molecule has 1 amide bonds. The van der Waals surface area contributed by atoms with Crippen LogP contribution in [-0.2, 0) is 4.74 Å². The molecule has 2 aliphatic heterocycles. The lowest BCUT2D eigenvalue weighted by molar-refractivity contribution is 0.00678. The van der Waals surface area contributed by atoms with Crippen LogP contribution in [0, 0.1) is 0 Å². The van der Waals surface area contributed by atoms with Gasteiger partial charge in [0, 0.05) is 37.0 Å². The third-order valence-corrected chi connectivity index (χ3v) is 6.30. The average Bonchev–Trinajstić information content (AvgIpc) is 3.11. The molecule has 0 N–H and O–H groups in total. The van der Waals surface area contributed by atoms with Crippen molar-refractivity contribution in [1.82, 2.24) is 14.9 Å². The molecule has 8 nitrogen and oxygen atoms in total. The maximum Gasteiger partial charge on any atom is 0.415 e. The molecular weight excluding hydrogens is 432 g/mol. The number of nitrogens with zero attached hydrogens (tertiary/aromatic N) is 4. The smallest absolute Gasteiger partial charge is 0.415 e. The Balaban J connectivity index is 1.53. The number of anilines is 1. The van der Waals surface area contributed by atoms with Crippen LogP contribution in [0.4, 0.5) is 10.5 Å². The minimum atomic E-state index is -0.475. The lowest BCUT2D eigenvalue weighted by Gasteiger charge is -2.35. The second kappa shape index (κ2) is 8.11. The first-order chi connectivity index (χ1) is 15.5. The Morgan fingerprint density at radius 3 is 2.72 bits per heavy atom. The molecule has 0 radical (unpaired) electrons. The Bertz CT molecular complexity index is 1180. The summed E-state index contributed by atoms with van der Waals surface area (Å²) in [5, 5.41) is 1.21. The van der Waals surface area contributed by atoms with E-state index < -0.39 is 5.60 Å². The average molecular weight is 455 g/mol. The Kier molecular flexibility index (Phi) is 5.27. The second-order valence-corrected chi connectivity index (χ2v) is 8.66. The van der Waals surface area contributed by atoms with E-state index in [1.54, 1.807) is 42.3 Å². The van der Waals surface area contributed by atoms with Crippen molar-refractivity contribution in [3.05, 3.63) is 47.7 Å². The van der Waals surface area contributed by atoms with Crippen LogP contribution in [0.25, 0.3) is 10.9 Å². The van der Waals surface area contributed by atoms with Gasteiger partial charge in [-0.15, -0.1) is 0 Å². The molecule has 5 rings (SSSR count). The van der Waals surface area contributed by atoms with Crippen LogP contribution in [0.1, 0.15) is 12.8 Å². The van der Waals surface area contributed by atoms with Gasteiger partial charge in [-0.2, -0.15) is 0 Å². The number of amides is 1. The zero-order chi connectivity index (χ0) is 22.3. The van der Waals surface area contributed by atoms with E-state index in [1.165, 1.54) is 6.33 Å². The number of ether oxygens (including phenoxy) is 3. The minimum absolute atomic E-state index is 0.364. The van der Waals surface area contributed by atoms with Gasteiger partial charge in [-0.05, 0) is 31.3 Å². The summed E-state index contributed by atoms with van der Waals surface area (Å²) in [6.45, 7) is 2.25. The zero-order valence-corrected chi connectivity index (χ0v) is 18.6. The van der Waals surface area contributed by atoms with Gasteiger partial charge in [0.15, 0.2) is 0 Å². The van der Waals surface area contributed by atoms with E-state index in [9.17, 15) is 4.79 Å². The number of benzene rings is 2. The van der Waals surface area contributed by atoms with Gasteiger partial charge in [0.05, 0.1) is 30.2 Å². The topological polar surface area (TPSA) is 77.0 Å². The molecule has 2 aromatic carbocycles. The Labute approximate surface area is 190 Å². The maximum atomic E-state index is 12.9. The predicted molar refractivity (Wildman–Crippen MR) is 121 cm³/mol. The number of rotatable bonds is 4. The highest BCUT2D eigenvalue weighted by Gasteiger charge is 2.47. The van der Waals surface area contributed by atoms with E-state index >= 15 is 0 Å². The van der Waals surface area contributed by atoms with Gasteiger partial charge >= 0.3 is 6.09 Å². The van der Waals surface area contributed by atoms with Gasteiger partial charge in [-0.25, -0.2) is 14.8 Å². The first kappa shape index (κ1) is 20.8. The van der Waals surface area contributed by atoms with E-state index in [0.29, 0.717) is 45.5 Å². The monoisotopic (exact) mass is 454 g/mol. The molecule has 2 saturated heterocycles. The van der Waals surface area contributed by atoms with Crippen LogP contribution in [0.15, 0.2) is 42.7 Å². The number of fused-ring (bicyclic) bond motifs is 1. The number of halogens is 1. The number of methoxy groups -OCH3 is 1. The Hall–Kier alpha value is -3.10. The van der Waals surface area contributed by atoms with E-state index in [1.807, 2.05) is 6.07 Å². The summed E-state index contributed by atoms with van der Waals surface area (Å²) in [6.07, 6.45) is 2.65. The number of aromatic nitrogens is 2. The summed E-state index contributed by atoms with van der Waals surface area (Å²) in [6, 6.07) is 10.7. The molecule has 32 heavy (non-hydrogen) atoms. The van der Waals surface area contributed by atoms with Crippen molar-refractivity contribution < 1.29 is 19.0 Å². The quantitative estimate of drug-likeness (QED) is 0.574. The summed E-state index contributed by atoms with van der Waals surface area (Å²) >= 11 is 6.09. The van der Waals surface area contributed by atoms with Crippen molar-refractivity contribution in [2.45, 2.75) is 18.4 Å². The summed E-state index contributed by atoms with van der Waals surface area (Å²) < 4.78 is 17.5. The second-order valence-electron chi connectivity index (χ2n) is 8.22. The van der Waals surface area contributed by atoms with Crippen molar-refractivity contribution >= 4 is 34.3 Å². The number of carbonyl (C=O) groups excluding carboxylic acids is 1. The highest BCUT2D eigenvalue weighted by Crippen LogP contribution is 2.42. The molecule has 0 bridgehead atoms. The first-order valence-corrected chi connectivity index (χ1v) is 10.8. The van der Waals surface area contributed by atoms with Crippen LogP contribution < -0.4 is 14.4 Å². The number of likely N-dealkylation sites (tertiary alicyclic amines) is 1. The fourth-order valence-electron chi connectivity index (χ4n) is 4.24. The number of hydrogen-bond acceptors (Lipinski definition) is 7. The van der Waals surface area contributed by atoms with E-state index in [2.05, 4.69) is 21.9 Å². The molecule has 1 spiro atoms. The fourth-order valence-corrected chi connectivity index (χ4v) is 4.42. The largest absolute Gasteiger partial charge is 0.494 e. The van der Waals surface area contributed by atoms with Gasteiger partial charge in [-0.1, -0.05) is 17.7 Å². The van der Waals surface area contributed by atoms with Crippen LogP contribution in [0.2, 0.25) is 5.02 Å². The van der Waals surface area contributed by atoms with Gasteiger partial charge in [-0.3, -0.25) is 4.90 Å². The van der Waals surface area contributed by atoms with Crippen LogP contribution in [-0.4, -0.2) is 60.4 Å². The predicted octanol–water partition coefficient (Wildman–Crippen LogP) is 4.51. The molecule has 9 heteroatoms. The summed E-state index contributed by atoms with van der Waals surface area (Å²) in [7, 11) is 3.65. The summed E-state index contributed by atoms with van der Waals surface area (Å²) in [5.74, 6) is 1.45. The molecule has 3 heterocycles. The molecule has 3 aromatic rings. The van der Waals surface area contributed by atoms with Crippen molar-refractivity contribution in [2.24, 2.45) is 0 Å². The molecule has 0 saturated carbocycles. The first-order valence-electron chi connectivity index (χ1n) is 10.4. The normalized spacial score (nSPS) is 18.2. The highest BCUT2D eigenvalue weighted by atomic mass is 35.5. The maximum absolute atomic E-state index is 12.9. The van der Waals surface area contributed by atoms with Crippen molar-refractivity contribution in [3.8, 4) is 17.4 Å². The molecule has 0 unspecified atom stereocenters. The van der Waals surface area contributed by atoms with Gasteiger partial charge in [0.1, 0.15) is 23.4 Å². The van der Waals surface area contributed by atoms with Gasteiger partial charge in [0.25, 0.3) is 0 Å². The molecule has 0 atom stereocenters. The lowest BCUT2D eigenvalue weighted by atomic mass is 9.91. The minimum Gasteiger partial charge on any atom is -0.494 e. The molecule has 0 aliphatic carbocycles. The molecule has 166 valence electrons. The van der Waals surface area contributed by atoms with Crippen LogP contribution in [0.5, 0.6) is 17.4 Å². The van der Waals surface area contributed by atoms with Crippen LogP contribution >= 0.6 is 11.6 Å². The van der Waals surface area contributed by atoms with E-state index in [-0.39, 0.29) is 6.09 Å². The number of piperidine rings is 1. The third kappa shape index (κ3) is 3.80.